The van der Waals surface area contributed by atoms with E-state index in [-0.39, 0.29) is 6.61 Å². The highest BCUT2D eigenvalue weighted by Gasteiger charge is 2.40. The molecule has 2 fully saturated rings. The van der Waals surface area contributed by atoms with Crippen LogP contribution in [0, 0.1) is 5.41 Å². The van der Waals surface area contributed by atoms with Crippen LogP contribution in [0.2, 0.25) is 0 Å². The summed E-state index contributed by atoms with van der Waals surface area (Å²) in [5.74, 6) is 0. The molecule has 0 aromatic carbocycles. The van der Waals surface area contributed by atoms with Crippen molar-refractivity contribution in [2.45, 2.75) is 49.3 Å². The first kappa shape index (κ1) is 14.5. The molecule has 1 saturated carbocycles. The van der Waals surface area contributed by atoms with Gasteiger partial charge in [0, 0.05) is 13.1 Å². The van der Waals surface area contributed by atoms with Crippen molar-refractivity contribution in [3.63, 3.8) is 0 Å². The number of hydrogen-bond donors (Lipinski definition) is 1. The van der Waals surface area contributed by atoms with Crippen LogP contribution in [-0.4, -0.2) is 30.9 Å². The smallest absolute Gasteiger partial charge is 0.252 e. The summed E-state index contributed by atoms with van der Waals surface area (Å²) in [5.41, 5.74) is 1.11. The second-order valence-corrected chi connectivity index (χ2v) is 9.12. The molecule has 4 nitrogen and oxygen atoms in total. The average molecular weight is 315 g/mol. The average Bonchev–Trinajstić information content (AvgIpc) is 3.09. The van der Waals surface area contributed by atoms with Crippen LogP contribution in [0.25, 0.3) is 0 Å². The lowest BCUT2D eigenvalue weighted by Crippen LogP contribution is -2.41. The predicted molar refractivity (Wildman–Crippen MR) is 79.1 cm³/mol. The van der Waals surface area contributed by atoms with Crippen molar-refractivity contribution in [3.05, 3.63) is 17.0 Å². The molecule has 2 aliphatic rings. The number of sulfonamides is 1. The van der Waals surface area contributed by atoms with Gasteiger partial charge < -0.3 is 5.11 Å². The summed E-state index contributed by atoms with van der Waals surface area (Å²) in [5, 5.41) is 10.8. The number of nitrogens with zero attached hydrogens (tertiary/aromatic N) is 1. The van der Waals surface area contributed by atoms with Gasteiger partial charge in [0.1, 0.15) is 4.21 Å². The molecule has 1 N–H and O–H groups in total. The lowest BCUT2D eigenvalue weighted by Gasteiger charge is -2.38. The van der Waals surface area contributed by atoms with E-state index in [0.29, 0.717) is 28.3 Å². The van der Waals surface area contributed by atoms with Crippen molar-refractivity contribution in [2.24, 2.45) is 5.41 Å². The van der Waals surface area contributed by atoms with E-state index in [9.17, 15) is 8.42 Å². The number of hydrogen-bond acceptors (Lipinski definition) is 4. The van der Waals surface area contributed by atoms with Gasteiger partial charge in [0.25, 0.3) is 10.0 Å². The Hall–Kier alpha value is -0.430. The van der Waals surface area contributed by atoms with Crippen molar-refractivity contribution in [1.82, 2.24) is 4.31 Å². The molecule has 1 aliphatic heterocycles. The summed E-state index contributed by atoms with van der Waals surface area (Å²) in [6.07, 6.45) is 7.16. The molecule has 3 rings (SSSR count). The molecule has 0 bridgehead atoms. The van der Waals surface area contributed by atoms with Crippen LogP contribution in [-0.2, 0) is 16.6 Å². The van der Waals surface area contributed by atoms with Gasteiger partial charge in [-0.25, -0.2) is 8.42 Å². The highest BCUT2D eigenvalue weighted by molar-refractivity contribution is 7.91. The van der Waals surface area contributed by atoms with E-state index in [2.05, 4.69) is 0 Å². The number of thiophene rings is 1. The van der Waals surface area contributed by atoms with Gasteiger partial charge in [-0.1, -0.05) is 12.8 Å². The molecule has 0 amide bonds. The third-order valence-electron chi connectivity index (χ3n) is 4.85. The van der Waals surface area contributed by atoms with Crippen LogP contribution < -0.4 is 0 Å². The fourth-order valence-electron chi connectivity index (χ4n) is 3.52. The first-order valence-electron chi connectivity index (χ1n) is 7.24. The molecule has 1 saturated heterocycles. The number of piperidine rings is 1. The van der Waals surface area contributed by atoms with Crippen molar-refractivity contribution in [3.8, 4) is 0 Å². The van der Waals surface area contributed by atoms with Crippen LogP contribution in [0.4, 0.5) is 0 Å². The summed E-state index contributed by atoms with van der Waals surface area (Å²) in [6.45, 7) is 1.19. The number of aliphatic hydroxyl groups is 1. The monoisotopic (exact) mass is 315 g/mol. The molecule has 1 aromatic rings. The molecule has 0 atom stereocenters. The highest BCUT2D eigenvalue weighted by Crippen LogP contribution is 2.46. The van der Waals surface area contributed by atoms with Gasteiger partial charge in [0.2, 0.25) is 0 Å². The molecule has 2 heterocycles. The predicted octanol–water partition coefficient (Wildman–Crippen LogP) is 2.59. The largest absolute Gasteiger partial charge is 0.392 e. The fraction of sp³-hybridized carbons (Fsp3) is 0.714. The minimum absolute atomic E-state index is 0.102. The standard InChI is InChI=1S/C14H21NO3S2/c16-10-12-9-13(19-11-12)20(17,18)15-7-5-14(6-8-15)3-1-2-4-14/h9,11,16H,1-8,10H2. The number of rotatable bonds is 3. The minimum Gasteiger partial charge on any atom is -0.392 e. The number of aliphatic hydroxyl groups excluding tert-OH is 1. The lowest BCUT2D eigenvalue weighted by molar-refractivity contribution is 0.160. The van der Waals surface area contributed by atoms with Crippen molar-refractivity contribution < 1.29 is 13.5 Å². The zero-order valence-electron chi connectivity index (χ0n) is 11.5. The van der Waals surface area contributed by atoms with E-state index in [1.165, 1.54) is 37.0 Å². The van der Waals surface area contributed by atoms with Gasteiger partial charge in [-0.2, -0.15) is 4.31 Å². The maximum absolute atomic E-state index is 12.6. The summed E-state index contributed by atoms with van der Waals surface area (Å²) in [7, 11) is -3.36. The van der Waals surface area contributed by atoms with E-state index in [1.54, 1.807) is 15.8 Å². The Balaban J connectivity index is 1.73. The van der Waals surface area contributed by atoms with Gasteiger partial charge in [0.15, 0.2) is 0 Å². The lowest BCUT2D eigenvalue weighted by atomic mass is 9.78. The van der Waals surface area contributed by atoms with E-state index in [0.717, 1.165) is 12.8 Å². The first-order valence-corrected chi connectivity index (χ1v) is 9.56. The topological polar surface area (TPSA) is 57.6 Å². The molecule has 6 heteroatoms. The third kappa shape index (κ3) is 2.54. The fourth-order valence-corrected chi connectivity index (χ4v) is 6.32. The van der Waals surface area contributed by atoms with Crippen LogP contribution in [0.5, 0.6) is 0 Å². The molecule has 1 aromatic heterocycles. The Morgan fingerprint density at radius 3 is 2.40 bits per heavy atom. The van der Waals surface area contributed by atoms with Gasteiger partial charge in [-0.3, -0.25) is 0 Å². The Kier molecular flexibility index (Phi) is 3.92. The summed E-state index contributed by atoms with van der Waals surface area (Å²) < 4.78 is 27.1. The zero-order valence-corrected chi connectivity index (χ0v) is 13.2. The quantitative estimate of drug-likeness (QED) is 0.932. The van der Waals surface area contributed by atoms with Crippen LogP contribution in [0.15, 0.2) is 15.7 Å². The second kappa shape index (κ2) is 5.40. The zero-order chi connectivity index (χ0) is 14.2. The Labute approximate surface area is 124 Å². The third-order valence-corrected chi connectivity index (χ3v) is 8.22. The van der Waals surface area contributed by atoms with E-state index in [4.69, 9.17) is 5.11 Å². The molecule has 1 spiro atoms. The molecular weight excluding hydrogens is 294 g/mol. The summed E-state index contributed by atoms with van der Waals surface area (Å²) in [6, 6.07) is 1.60. The van der Waals surface area contributed by atoms with Gasteiger partial charge in [-0.05, 0) is 48.1 Å². The maximum atomic E-state index is 12.6. The van der Waals surface area contributed by atoms with E-state index < -0.39 is 10.0 Å². The van der Waals surface area contributed by atoms with Gasteiger partial charge in [0.05, 0.1) is 6.61 Å². The normalized spacial score (nSPS) is 23.4. The van der Waals surface area contributed by atoms with E-state index >= 15 is 0 Å². The summed E-state index contributed by atoms with van der Waals surface area (Å²) in [4.78, 5) is 0. The Morgan fingerprint density at radius 1 is 1.20 bits per heavy atom. The van der Waals surface area contributed by atoms with Gasteiger partial charge in [-0.15, -0.1) is 11.3 Å². The minimum atomic E-state index is -3.36. The maximum Gasteiger partial charge on any atom is 0.252 e. The van der Waals surface area contributed by atoms with Crippen molar-refractivity contribution >= 4 is 21.4 Å². The Morgan fingerprint density at radius 2 is 1.85 bits per heavy atom. The molecule has 112 valence electrons. The van der Waals surface area contributed by atoms with Crippen molar-refractivity contribution in [1.29, 1.82) is 0 Å². The van der Waals surface area contributed by atoms with Gasteiger partial charge >= 0.3 is 0 Å². The van der Waals surface area contributed by atoms with Crippen molar-refractivity contribution in [2.75, 3.05) is 13.1 Å². The molecule has 0 unspecified atom stereocenters. The molecular formula is C14H21NO3S2. The summed E-state index contributed by atoms with van der Waals surface area (Å²) >= 11 is 1.21. The highest BCUT2D eigenvalue weighted by atomic mass is 32.2. The molecule has 1 aliphatic carbocycles. The van der Waals surface area contributed by atoms with Crippen LogP contribution >= 0.6 is 11.3 Å². The Bertz CT molecular complexity index is 563. The SMILES string of the molecule is O=S(=O)(c1cc(CO)cs1)N1CCC2(CCCC2)CC1. The van der Waals surface area contributed by atoms with E-state index in [1.807, 2.05) is 0 Å². The van der Waals surface area contributed by atoms with Crippen LogP contribution in [0.1, 0.15) is 44.1 Å². The molecule has 20 heavy (non-hydrogen) atoms. The second-order valence-electron chi connectivity index (χ2n) is 6.04. The van der Waals surface area contributed by atoms with Crippen LogP contribution in [0.3, 0.4) is 0 Å². The molecule has 0 radical (unpaired) electrons. The first-order chi connectivity index (χ1) is 9.56.